The SMILES string of the molecule is O=S(=O)(c1ccc(-c2cnn(C3CCNCC3)c2)cc1)N1CC=CCC1. The summed E-state index contributed by atoms with van der Waals surface area (Å²) in [5, 5.41) is 7.88. The van der Waals surface area contributed by atoms with Gasteiger partial charge in [0, 0.05) is 24.8 Å². The summed E-state index contributed by atoms with van der Waals surface area (Å²) in [4.78, 5) is 0.349. The average molecular weight is 372 g/mol. The van der Waals surface area contributed by atoms with E-state index in [0.29, 0.717) is 24.0 Å². The maximum Gasteiger partial charge on any atom is 0.243 e. The quantitative estimate of drug-likeness (QED) is 0.837. The Bertz CT molecular complexity index is 881. The lowest BCUT2D eigenvalue weighted by Crippen LogP contribution is -2.33. The van der Waals surface area contributed by atoms with Crippen molar-refractivity contribution in [2.24, 2.45) is 0 Å². The number of sulfonamides is 1. The van der Waals surface area contributed by atoms with Crippen LogP contribution in [0.15, 0.2) is 53.7 Å². The molecule has 2 aliphatic heterocycles. The van der Waals surface area contributed by atoms with Gasteiger partial charge in [0.05, 0.1) is 17.1 Å². The zero-order valence-electron chi connectivity index (χ0n) is 14.7. The fraction of sp³-hybridized carbons (Fsp3) is 0.421. The molecule has 0 atom stereocenters. The Balaban J connectivity index is 1.52. The first-order valence-corrected chi connectivity index (χ1v) is 10.6. The molecule has 0 unspecified atom stereocenters. The lowest BCUT2D eigenvalue weighted by molar-refractivity contribution is 0.343. The van der Waals surface area contributed by atoms with Crippen molar-refractivity contribution < 1.29 is 8.42 Å². The Hall–Kier alpha value is -1.96. The average Bonchev–Trinajstić information content (AvgIpc) is 3.20. The van der Waals surface area contributed by atoms with E-state index in [9.17, 15) is 8.42 Å². The first-order valence-electron chi connectivity index (χ1n) is 9.15. The minimum absolute atomic E-state index is 0.349. The molecule has 1 aromatic heterocycles. The second-order valence-electron chi connectivity index (χ2n) is 6.84. The molecule has 1 N–H and O–H groups in total. The molecular weight excluding hydrogens is 348 g/mol. The Morgan fingerprint density at radius 2 is 1.81 bits per heavy atom. The van der Waals surface area contributed by atoms with Gasteiger partial charge in [-0.1, -0.05) is 24.3 Å². The van der Waals surface area contributed by atoms with Crippen LogP contribution in [-0.4, -0.2) is 48.7 Å². The van der Waals surface area contributed by atoms with Crippen LogP contribution in [0.4, 0.5) is 0 Å². The van der Waals surface area contributed by atoms with Gasteiger partial charge >= 0.3 is 0 Å². The fourth-order valence-corrected chi connectivity index (χ4v) is 4.97. The summed E-state index contributed by atoms with van der Waals surface area (Å²) < 4.78 is 29.0. The highest BCUT2D eigenvalue weighted by Gasteiger charge is 2.24. The molecule has 6 nitrogen and oxygen atoms in total. The Morgan fingerprint density at radius 3 is 2.50 bits per heavy atom. The van der Waals surface area contributed by atoms with Gasteiger partial charge in [-0.2, -0.15) is 9.40 Å². The number of rotatable bonds is 4. The van der Waals surface area contributed by atoms with Crippen LogP contribution < -0.4 is 5.32 Å². The van der Waals surface area contributed by atoms with Crippen molar-refractivity contribution in [2.45, 2.75) is 30.2 Å². The number of benzene rings is 1. The van der Waals surface area contributed by atoms with Crippen molar-refractivity contribution in [3.05, 3.63) is 48.8 Å². The molecule has 138 valence electrons. The highest BCUT2D eigenvalue weighted by molar-refractivity contribution is 7.89. The molecule has 0 amide bonds. The number of hydrogen-bond acceptors (Lipinski definition) is 4. The lowest BCUT2D eigenvalue weighted by atomic mass is 10.1. The van der Waals surface area contributed by atoms with Crippen LogP contribution in [0.25, 0.3) is 11.1 Å². The van der Waals surface area contributed by atoms with Crippen LogP contribution in [0.5, 0.6) is 0 Å². The molecule has 1 fully saturated rings. The molecule has 0 aliphatic carbocycles. The smallest absolute Gasteiger partial charge is 0.243 e. The summed E-state index contributed by atoms with van der Waals surface area (Å²) in [6.45, 7) is 3.05. The summed E-state index contributed by atoms with van der Waals surface area (Å²) in [7, 11) is -3.42. The van der Waals surface area contributed by atoms with Crippen LogP contribution in [0.2, 0.25) is 0 Å². The molecule has 0 bridgehead atoms. The third kappa shape index (κ3) is 3.47. The highest BCUT2D eigenvalue weighted by atomic mass is 32.2. The first kappa shape index (κ1) is 17.5. The van der Waals surface area contributed by atoms with Crippen molar-refractivity contribution in [3.8, 4) is 11.1 Å². The van der Waals surface area contributed by atoms with E-state index in [4.69, 9.17) is 0 Å². The van der Waals surface area contributed by atoms with E-state index >= 15 is 0 Å². The summed E-state index contributed by atoms with van der Waals surface area (Å²) in [6, 6.07) is 7.58. The zero-order chi connectivity index (χ0) is 18.0. The van der Waals surface area contributed by atoms with E-state index in [1.165, 1.54) is 4.31 Å². The Kier molecular flexibility index (Phi) is 4.93. The minimum atomic E-state index is -3.42. The molecule has 0 spiro atoms. The summed E-state index contributed by atoms with van der Waals surface area (Å²) in [6.07, 6.45) is 10.8. The lowest BCUT2D eigenvalue weighted by Gasteiger charge is -2.23. The third-order valence-corrected chi connectivity index (χ3v) is 7.01. The van der Waals surface area contributed by atoms with Crippen LogP contribution in [0.1, 0.15) is 25.3 Å². The van der Waals surface area contributed by atoms with Gasteiger partial charge in [-0.3, -0.25) is 4.68 Å². The maximum absolute atomic E-state index is 12.7. The second-order valence-corrected chi connectivity index (χ2v) is 8.78. The van der Waals surface area contributed by atoms with Gasteiger partial charge < -0.3 is 5.32 Å². The molecule has 1 aromatic carbocycles. The number of piperidine rings is 1. The molecule has 2 aromatic rings. The monoisotopic (exact) mass is 372 g/mol. The second kappa shape index (κ2) is 7.34. The van der Waals surface area contributed by atoms with Gasteiger partial charge in [-0.25, -0.2) is 8.42 Å². The third-order valence-electron chi connectivity index (χ3n) is 5.13. The topological polar surface area (TPSA) is 67.2 Å². The van der Waals surface area contributed by atoms with E-state index in [2.05, 4.69) is 16.6 Å². The molecule has 26 heavy (non-hydrogen) atoms. The van der Waals surface area contributed by atoms with Crippen LogP contribution in [0, 0.1) is 0 Å². The maximum atomic E-state index is 12.7. The normalized spacial score (nSPS) is 19.7. The number of aromatic nitrogens is 2. The first-order chi connectivity index (χ1) is 12.6. The summed E-state index contributed by atoms with van der Waals surface area (Å²) >= 11 is 0. The molecule has 7 heteroatoms. The fourth-order valence-electron chi connectivity index (χ4n) is 3.56. The Labute approximate surface area is 154 Å². The summed E-state index contributed by atoms with van der Waals surface area (Å²) in [5.74, 6) is 0. The largest absolute Gasteiger partial charge is 0.317 e. The van der Waals surface area contributed by atoms with Gasteiger partial charge in [-0.05, 0) is 50.0 Å². The molecule has 3 heterocycles. The van der Waals surface area contributed by atoms with E-state index in [0.717, 1.165) is 43.5 Å². The van der Waals surface area contributed by atoms with Crippen molar-refractivity contribution in [3.63, 3.8) is 0 Å². The number of hydrogen-bond donors (Lipinski definition) is 1. The molecule has 0 radical (unpaired) electrons. The van der Waals surface area contributed by atoms with E-state index < -0.39 is 10.0 Å². The van der Waals surface area contributed by atoms with Crippen molar-refractivity contribution >= 4 is 10.0 Å². The predicted octanol–water partition coefficient (Wildman–Crippen LogP) is 2.43. The van der Waals surface area contributed by atoms with Crippen LogP contribution in [-0.2, 0) is 10.0 Å². The van der Waals surface area contributed by atoms with E-state index in [-0.39, 0.29) is 0 Å². The predicted molar refractivity (Wildman–Crippen MR) is 101 cm³/mol. The van der Waals surface area contributed by atoms with Crippen LogP contribution >= 0.6 is 0 Å². The highest BCUT2D eigenvalue weighted by Crippen LogP contribution is 2.26. The van der Waals surface area contributed by atoms with Gasteiger partial charge in [0.2, 0.25) is 10.0 Å². The van der Waals surface area contributed by atoms with E-state index in [1.807, 2.05) is 35.2 Å². The Morgan fingerprint density at radius 1 is 1.04 bits per heavy atom. The zero-order valence-corrected chi connectivity index (χ0v) is 15.5. The molecule has 1 saturated heterocycles. The number of nitrogens with one attached hydrogen (secondary N) is 1. The van der Waals surface area contributed by atoms with Crippen LogP contribution in [0.3, 0.4) is 0 Å². The van der Waals surface area contributed by atoms with Crippen molar-refractivity contribution in [2.75, 3.05) is 26.2 Å². The summed E-state index contributed by atoms with van der Waals surface area (Å²) in [5.41, 5.74) is 2.01. The van der Waals surface area contributed by atoms with Gasteiger partial charge in [-0.15, -0.1) is 0 Å². The van der Waals surface area contributed by atoms with Gasteiger partial charge in [0.1, 0.15) is 0 Å². The van der Waals surface area contributed by atoms with E-state index in [1.54, 1.807) is 12.1 Å². The molecule has 0 saturated carbocycles. The number of nitrogens with zero attached hydrogens (tertiary/aromatic N) is 3. The minimum Gasteiger partial charge on any atom is -0.317 e. The standard InChI is InChI=1S/C19H24N4O2S/c24-26(25,22-12-2-1-3-13-22)19-6-4-16(5-7-19)17-14-21-23(15-17)18-8-10-20-11-9-18/h1-2,4-7,14-15,18,20H,3,8-13H2. The molecule has 2 aliphatic rings. The van der Waals surface area contributed by atoms with Crippen molar-refractivity contribution in [1.29, 1.82) is 0 Å². The molecule has 4 rings (SSSR count). The van der Waals surface area contributed by atoms with Gasteiger partial charge in [0.15, 0.2) is 0 Å². The molecular formula is C19H24N4O2S. The van der Waals surface area contributed by atoms with Crippen molar-refractivity contribution in [1.82, 2.24) is 19.4 Å². The van der Waals surface area contributed by atoms with Gasteiger partial charge in [0.25, 0.3) is 0 Å².